The second-order valence-corrected chi connectivity index (χ2v) is 5.46. The van der Waals surface area contributed by atoms with Gasteiger partial charge in [-0.3, -0.25) is 0 Å². The maximum absolute atomic E-state index is 11.9. The van der Waals surface area contributed by atoms with E-state index in [1.165, 1.54) is 0 Å². The average molecular weight is 269 g/mol. The fourth-order valence-corrected chi connectivity index (χ4v) is 1.78. The van der Waals surface area contributed by atoms with E-state index in [0.29, 0.717) is 38.1 Å². The fourth-order valence-electron chi connectivity index (χ4n) is 1.78. The van der Waals surface area contributed by atoms with Crippen LogP contribution in [0.4, 0.5) is 4.79 Å². The zero-order chi connectivity index (χ0) is 14.5. The van der Waals surface area contributed by atoms with Crippen LogP contribution in [-0.2, 0) is 14.3 Å². The summed E-state index contributed by atoms with van der Waals surface area (Å²) in [5.74, 6) is -0.284. The number of amides is 1. The number of esters is 1. The number of ether oxygens (including phenoxy) is 2. The van der Waals surface area contributed by atoms with Crippen LogP contribution in [0.2, 0.25) is 0 Å². The molecule has 0 atom stereocenters. The minimum absolute atomic E-state index is 0.284. The number of hydrogen-bond acceptors (Lipinski definition) is 4. The van der Waals surface area contributed by atoms with E-state index < -0.39 is 5.60 Å². The lowest BCUT2D eigenvalue weighted by Gasteiger charge is -2.26. The van der Waals surface area contributed by atoms with Crippen molar-refractivity contribution in [2.45, 2.75) is 46.1 Å². The van der Waals surface area contributed by atoms with Gasteiger partial charge in [0.25, 0.3) is 0 Å². The molecule has 0 aromatic heterocycles. The van der Waals surface area contributed by atoms with Gasteiger partial charge in [0.1, 0.15) is 5.60 Å². The van der Waals surface area contributed by atoms with Crippen molar-refractivity contribution in [3.05, 3.63) is 11.6 Å². The molecule has 0 saturated carbocycles. The average Bonchev–Trinajstić information content (AvgIpc) is 2.52. The SMILES string of the molecule is CCOC(=O)C1=CCCN(C(=O)OC(C)(C)C)CC1. The zero-order valence-electron chi connectivity index (χ0n) is 12.2. The highest BCUT2D eigenvalue weighted by molar-refractivity contribution is 5.88. The van der Waals surface area contributed by atoms with Gasteiger partial charge in [-0.1, -0.05) is 6.08 Å². The minimum Gasteiger partial charge on any atom is -0.463 e. The first-order chi connectivity index (χ1) is 8.83. The van der Waals surface area contributed by atoms with Crippen LogP contribution in [-0.4, -0.2) is 42.3 Å². The third-order valence-corrected chi connectivity index (χ3v) is 2.63. The van der Waals surface area contributed by atoms with Crippen LogP contribution in [0.1, 0.15) is 40.5 Å². The van der Waals surface area contributed by atoms with Crippen molar-refractivity contribution in [3.8, 4) is 0 Å². The van der Waals surface area contributed by atoms with Crippen molar-refractivity contribution in [3.63, 3.8) is 0 Å². The molecule has 0 aromatic rings. The molecular weight excluding hydrogens is 246 g/mol. The number of rotatable bonds is 2. The first kappa shape index (κ1) is 15.5. The highest BCUT2D eigenvalue weighted by atomic mass is 16.6. The van der Waals surface area contributed by atoms with E-state index in [2.05, 4.69) is 0 Å². The minimum atomic E-state index is -0.499. The summed E-state index contributed by atoms with van der Waals surface area (Å²) < 4.78 is 10.3. The largest absolute Gasteiger partial charge is 0.463 e. The van der Waals surface area contributed by atoms with Gasteiger partial charge in [0, 0.05) is 18.7 Å². The molecule has 1 rings (SSSR count). The Kier molecular flexibility index (Phi) is 5.39. The van der Waals surface area contributed by atoms with Gasteiger partial charge in [0.05, 0.1) is 6.61 Å². The Morgan fingerprint density at radius 1 is 1.32 bits per heavy atom. The van der Waals surface area contributed by atoms with Crippen LogP contribution < -0.4 is 0 Å². The van der Waals surface area contributed by atoms with Crippen molar-refractivity contribution < 1.29 is 19.1 Å². The molecule has 0 saturated heterocycles. The lowest BCUT2D eigenvalue weighted by Crippen LogP contribution is -2.37. The van der Waals surface area contributed by atoms with E-state index in [-0.39, 0.29) is 12.1 Å². The monoisotopic (exact) mass is 269 g/mol. The lowest BCUT2D eigenvalue weighted by atomic mass is 10.2. The van der Waals surface area contributed by atoms with Crippen molar-refractivity contribution in [1.29, 1.82) is 0 Å². The van der Waals surface area contributed by atoms with E-state index in [1.807, 2.05) is 26.8 Å². The summed E-state index contributed by atoms with van der Waals surface area (Å²) in [6, 6.07) is 0. The van der Waals surface area contributed by atoms with Gasteiger partial charge in [-0.25, -0.2) is 9.59 Å². The van der Waals surface area contributed by atoms with Crippen LogP contribution in [0.25, 0.3) is 0 Å². The van der Waals surface area contributed by atoms with Gasteiger partial charge < -0.3 is 14.4 Å². The second kappa shape index (κ2) is 6.59. The van der Waals surface area contributed by atoms with E-state index in [4.69, 9.17) is 9.47 Å². The van der Waals surface area contributed by atoms with E-state index >= 15 is 0 Å². The van der Waals surface area contributed by atoms with Crippen LogP contribution in [0.5, 0.6) is 0 Å². The van der Waals surface area contributed by atoms with E-state index in [1.54, 1.807) is 11.8 Å². The molecule has 1 aliphatic rings. The van der Waals surface area contributed by atoms with Gasteiger partial charge in [-0.05, 0) is 40.5 Å². The van der Waals surface area contributed by atoms with Crippen molar-refractivity contribution in [1.82, 2.24) is 4.90 Å². The standard InChI is InChI=1S/C14H23NO4/c1-5-18-12(16)11-7-6-9-15(10-8-11)13(17)19-14(2,3)4/h7H,5-6,8-10H2,1-4H3. The number of carbonyl (C=O) groups excluding carboxylic acids is 2. The van der Waals surface area contributed by atoms with Gasteiger partial charge in [0.15, 0.2) is 0 Å². The summed E-state index contributed by atoms with van der Waals surface area (Å²) in [6.45, 7) is 8.71. The lowest BCUT2D eigenvalue weighted by molar-refractivity contribution is -0.138. The molecule has 1 heterocycles. The van der Waals surface area contributed by atoms with Crippen LogP contribution >= 0.6 is 0 Å². The van der Waals surface area contributed by atoms with E-state index in [0.717, 1.165) is 0 Å². The third-order valence-electron chi connectivity index (χ3n) is 2.63. The molecule has 0 aromatic carbocycles. The summed E-state index contributed by atoms with van der Waals surface area (Å²) in [7, 11) is 0. The topological polar surface area (TPSA) is 55.8 Å². The Labute approximate surface area is 114 Å². The number of nitrogens with zero attached hydrogens (tertiary/aromatic N) is 1. The molecule has 0 unspecified atom stereocenters. The van der Waals surface area contributed by atoms with Crippen molar-refractivity contribution >= 4 is 12.1 Å². The number of hydrogen-bond donors (Lipinski definition) is 0. The van der Waals surface area contributed by atoms with Crippen LogP contribution in [0.3, 0.4) is 0 Å². The second-order valence-electron chi connectivity index (χ2n) is 5.46. The molecule has 108 valence electrons. The highest BCUT2D eigenvalue weighted by Crippen LogP contribution is 2.16. The smallest absolute Gasteiger partial charge is 0.410 e. The molecule has 19 heavy (non-hydrogen) atoms. The fraction of sp³-hybridized carbons (Fsp3) is 0.714. The Morgan fingerprint density at radius 3 is 2.58 bits per heavy atom. The normalized spacial score (nSPS) is 16.4. The van der Waals surface area contributed by atoms with Crippen molar-refractivity contribution in [2.75, 3.05) is 19.7 Å². The Hall–Kier alpha value is -1.52. The molecule has 1 amide bonds. The molecule has 0 spiro atoms. The van der Waals surface area contributed by atoms with Crippen LogP contribution in [0.15, 0.2) is 11.6 Å². The molecule has 5 heteroatoms. The predicted octanol–water partition coefficient (Wildman–Crippen LogP) is 2.51. The Balaban J connectivity index is 2.54. The molecule has 0 N–H and O–H groups in total. The van der Waals surface area contributed by atoms with Crippen LogP contribution in [0, 0.1) is 0 Å². The molecule has 1 aliphatic heterocycles. The molecule has 0 fully saturated rings. The number of carbonyl (C=O) groups is 2. The summed E-state index contributed by atoms with van der Waals surface area (Å²) in [4.78, 5) is 25.2. The molecule has 0 aliphatic carbocycles. The first-order valence-electron chi connectivity index (χ1n) is 6.67. The van der Waals surface area contributed by atoms with Gasteiger partial charge in [-0.15, -0.1) is 0 Å². The maximum Gasteiger partial charge on any atom is 0.410 e. The summed E-state index contributed by atoms with van der Waals surface area (Å²) in [6.07, 6.45) is 2.68. The van der Waals surface area contributed by atoms with Gasteiger partial charge >= 0.3 is 12.1 Å². The maximum atomic E-state index is 11.9. The summed E-state index contributed by atoms with van der Waals surface area (Å²) >= 11 is 0. The highest BCUT2D eigenvalue weighted by Gasteiger charge is 2.24. The Bertz CT molecular complexity index is 368. The molecular formula is C14H23NO4. The predicted molar refractivity (Wildman–Crippen MR) is 71.8 cm³/mol. The van der Waals surface area contributed by atoms with E-state index in [9.17, 15) is 9.59 Å². The summed E-state index contributed by atoms with van der Waals surface area (Å²) in [5, 5.41) is 0. The molecule has 0 bridgehead atoms. The first-order valence-corrected chi connectivity index (χ1v) is 6.67. The van der Waals surface area contributed by atoms with Gasteiger partial charge in [-0.2, -0.15) is 0 Å². The summed E-state index contributed by atoms with van der Waals surface area (Å²) in [5.41, 5.74) is 0.147. The molecule has 5 nitrogen and oxygen atoms in total. The zero-order valence-corrected chi connectivity index (χ0v) is 12.2. The Morgan fingerprint density at radius 2 is 2.00 bits per heavy atom. The van der Waals surface area contributed by atoms with Gasteiger partial charge in [0.2, 0.25) is 0 Å². The van der Waals surface area contributed by atoms with Crippen molar-refractivity contribution in [2.24, 2.45) is 0 Å². The molecule has 0 radical (unpaired) electrons. The quantitative estimate of drug-likeness (QED) is 0.723. The third kappa shape index (κ3) is 5.32.